The van der Waals surface area contributed by atoms with Crippen molar-refractivity contribution in [3.05, 3.63) is 63.7 Å². The minimum absolute atomic E-state index is 0.0156. The fourth-order valence-electron chi connectivity index (χ4n) is 2.56. The summed E-state index contributed by atoms with van der Waals surface area (Å²) in [5.41, 5.74) is 9.29. The highest BCUT2D eigenvalue weighted by atomic mass is 35.5. The minimum Gasteiger partial charge on any atom is -0.454 e. The van der Waals surface area contributed by atoms with Gasteiger partial charge in [-0.2, -0.15) is 15.0 Å². The normalized spacial score (nSPS) is 10.6. The van der Waals surface area contributed by atoms with E-state index in [0.29, 0.717) is 5.56 Å². The summed E-state index contributed by atoms with van der Waals surface area (Å²) in [7, 11) is 0. The van der Waals surface area contributed by atoms with E-state index in [2.05, 4.69) is 25.3 Å². The monoisotopic (exact) mass is 398 g/mol. The number of carbonyl (C=O) groups excluding carboxylic acids is 1. The number of nitrogens with one attached hydrogen (secondary N) is 1. The molecule has 0 amide bonds. The fourth-order valence-corrected chi connectivity index (χ4v) is 2.92. The molecule has 144 valence electrons. The summed E-state index contributed by atoms with van der Waals surface area (Å²) in [5.74, 6) is -0.123. The highest BCUT2D eigenvalue weighted by Gasteiger charge is 2.18. The third-order valence-electron chi connectivity index (χ3n) is 3.84. The molecule has 0 bridgehead atoms. The van der Waals surface area contributed by atoms with E-state index in [1.165, 1.54) is 0 Å². The number of rotatable bonds is 5. The van der Waals surface area contributed by atoms with E-state index < -0.39 is 5.97 Å². The molecule has 0 saturated carbocycles. The van der Waals surface area contributed by atoms with E-state index in [4.69, 9.17) is 22.1 Å². The molecule has 2 aromatic heterocycles. The minimum atomic E-state index is -0.609. The first-order chi connectivity index (χ1) is 13.3. The largest absolute Gasteiger partial charge is 0.454 e. The van der Waals surface area contributed by atoms with Crippen molar-refractivity contribution in [3.8, 4) is 0 Å². The summed E-state index contributed by atoms with van der Waals surface area (Å²) in [5, 5.41) is 3.14. The fraction of sp³-hybridized carbons (Fsp3) is 0.211. The van der Waals surface area contributed by atoms with Gasteiger partial charge in [-0.1, -0.05) is 29.3 Å². The zero-order chi connectivity index (χ0) is 20.3. The van der Waals surface area contributed by atoms with Crippen molar-refractivity contribution >= 4 is 35.2 Å². The number of benzene rings is 1. The van der Waals surface area contributed by atoms with Crippen LogP contribution in [0.5, 0.6) is 0 Å². The molecular weight excluding hydrogens is 380 g/mol. The predicted octanol–water partition coefficient (Wildman–Crippen LogP) is 3.53. The van der Waals surface area contributed by atoms with E-state index in [1.54, 1.807) is 19.9 Å². The van der Waals surface area contributed by atoms with Crippen LogP contribution in [0.1, 0.15) is 33.0 Å². The Bertz CT molecular complexity index is 1000. The molecule has 0 radical (unpaired) electrons. The van der Waals surface area contributed by atoms with E-state index in [-0.39, 0.29) is 35.0 Å². The molecule has 0 atom stereocenters. The molecule has 0 aliphatic carbocycles. The molecule has 8 nitrogen and oxygen atoms in total. The molecule has 28 heavy (non-hydrogen) atoms. The average Bonchev–Trinajstić information content (AvgIpc) is 2.60. The number of hydrogen-bond donors (Lipinski definition) is 2. The Morgan fingerprint density at radius 2 is 1.82 bits per heavy atom. The van der Waals surface area contributed by atoms with Crippen LogP contribution in [0.2, 0.25) is 5.15 Å². The Hall–Kier alpha value is -3.26. The number of aryl methyl sites for hydroxylation is 3. The lowest BCUT2D eigenvalue weighted by Crippen LogP contribution is -2.13. The quantitative estimate of drug-likeness (QED) is 0.495. The van der Waals surface area contributed by atoms with Crippen LogP contribution in [0.25, 0.3) is 0 Å². The maximum Gasteiger partial charge on any atom is 0.342 e. The van der Waals surface area contributed by atoms with Crippen molar-refractivity contribution in [3.63, 3.8) is 0 Å². The van der Waals surface area contributed by atoms with E-state index in [1.807, 2.05) is 31.2 Å². The van der Waals surface area contributed by atoms with Gasteiger partial charge in [0, 0.05) is 11.4 Å². The van der Waals surface area contributed by atoms with Gasteiger partial charge >= 0.3 is 5.97 Å². The third-order valence-corrected chi connectivity index (χ3v) is 4.12. The molecule has 3 rings (SSSR count). The second kappa shape index (κ2) is 8.18. The Labute approximate surface area is 167 Å². The van der Waals surface area contributed by atoms with Gasteiger partial charge in [0.05, 0.1) is 5.56 Å². The van der Waals surface area contributed by atoms with Crippen molar-refractivity contribution in [1.29, 1.82) is 0 Å². The van der Waals surface area contributed by atoms with E-state index in [9.17, 15) is 4.79 Å². The van der Waals surface area contributed by atoms with Crippen molar-refractivity contribution in [2.24, 2.45) is 0 Å². The maximum atomic E-state index is 12.4. The van der Waals surface area contributed by atoms with E-state index >= 15 is 0 Å². The second-order valence-corrected chi connectivity index (χ2v) is 6.60. The van der Waals surface area contributed by atoms with Crippen LogP contribution in [0, 0.1) is 20.8 Å². The molecule has 9 heteroatoms. The highest BCUT2D eigenvalue weighted by molar-refractivity contribution is 6.32. The number of esters is 1. The first-order valence-corrected chi connectivity index (χ1v) is 8.84. The van der Waals surface area contributed by atoms with Gasteiger partial charge in [-0.15, -0.1) is 0 Å². The van der Waals surface area contributed by atoms with Crippen LogP contribution in [0.15, 0.2) is 30.3 Å². The molecule has 0 unspecified atom stereocenters. The van der Waals surface area contributed by atoms with Gasteiger partial charge in [-0.05, 0) is 44.5 Å². The Kier molecular flexibility index (Phi) is 5.70. The van der Waals surface area contributed by atoms with Crippen LogP contribution in [0.4, 0.5) is 17.6 Å². The number of carbonyl (C=O) groups is 1. The highest BCUT2D eigenvalue weighted by Crippen LogP contribution is 2.20. The Morgan fingerprint density at radius 1 is 1.11 bits per heavy atom. The molecule has 0 saturated heterocycles. The van der Waals surface area contributed by atoms with Crippen molar-refractivity contribution < 1.29 is 9.53 Å². The maximum absolute atomic E-state index is 12.4. The number of aromatic nitrogens is 4. The molecule has 0 fully saturated rings. The molecule has 0 aliphatic rings. The predicted molar refractivity (Wildman–Crippen MR) is 107 cm³/mol. The summed E-state index contributed by atoms with van der Waals surface area (Å²) in [6.07, 6.45) is 0. The van der Waals surface area contributed by atoms with Crippen LogP contribution >= 0.6 is 11.6 Å². The van der Waals surface area contributed by atoms with Gasteiger partial charge in [0.25, 0.3) is 0 Å². The zero-order valence-corrected chi connectivity index (χ0v) is 16.4. The number of halogens is 1. The Morgan fingerprint density at radius 3 is 2.50 bits per heavy atom. The zero-order valence-electron chi connectivity index (χ0n) is 15.7. The molecular formula is C19H19ClN6O2. The number of ether oxygens (including phenoxy) is 1. The van der Waals surface area contributed by atoms with Crippen LogP contribution < -0.4 is 11.1 Å². The van der Waals surface area contributed by atoms with E-state index in [0.717, 1.165) is 16.9 Å². The standard InChI is InChI=1S/C19H19ClN6O2/c1-10-4-6-13(7-5-10)23-19-25-14(24-18(21)26-19)9-28-17(27)15-11(2)8-12(3)22-16(15)20/h4-8H,9H2,1-3H3,(H3,21,23,24,25,26). The number of hydrogen-bond acceptors (Lipinski definition) is 8. The molecule has 1 aromatic carbocycles. The number of nitrogens with two attached hydrogens (primary N) is 1. The molecule has 3 N–H and O–H groups in total. The van der Waals surface area contributed by atoms with Gasteiger partial charge in [0.1, 0.15) is 5.15 Å². The van der Waals surface area contributed by atoms with Crippen molar-refractivity contribution in [2.45, 2.75) is 27.4 Å². The summed E-state index contributed by atoms with van der Waals surface area (Å²) in [4.78, 5) is 28.8. The van der Waals surface area contributed by atoms with Crippen LogP contribution in [-0.2, 0) is 11.3 Å². The number of anilines is 3. The smallest absolute Gasteiger partial charge is 0.342 e. The number of nitrogen functional groups attached to an aromatic ring is 1. The van der Waals surface area contributed by atoms with Gasteiger partial charge < -0.3 is 15.8 Å². The Balaban J connectivity index is 1.73. The molecule has 2 heterocycles. The summed E-state index contributed by atoms with van der Waals surface area (Å²) >= 11 is 6.08. The molecule has 0 spiro atoms. The number of nitrogens with zero attached hydrogens (tertiary/aromatic N) is 4. The van der Waals surface area contributed by atoms with Crippen LogP contribution in [-0.4, -0.2) is 25.9 Å². The van der Waals surface area contributed by atoms with Gasteiger partial charge in [0.2, 0.25) is 11.9 Å². The van der Waals surface area contributed by atoms with Gasteiger partial charge in [-0.25, -0.2) is 9.78 Å². The van der Waals surface area contributed by atoms with Crippen LogP contribution in [0.3, 0.4) is 0 Å². The number of pyridine rings is 1. The average molecular weight is 399 g/mol. The van der Waals surface area contributed by atoms with Gasteiger partial charge in [-0.3, -0.25) is 0 Å². The van der Waals surface area contributed by atoms with Crippen molar-refractivity contribution in [2.75, 3.05) is 11.1 Å². The summed E-state index contributed by atoms with van der Waals surface area (Å²) in [6.45, 7) is 5.37. The second-order valence-electron chi connectivity index (χ2n) is 6.25. The first-order valence-electron chi connectivity index (χ1n) is 8.47. The summed E-state index contributed by atoms with van der Waals surface area (Å²) in [6, 6.07) is 9.45. The lowest BCUT2D eigenvalue weighted by molar-refractivity contribution is 0.0461. The van der Waals surface area contributed by atoms with Gasteiger partial charge in [0.15, 0.2) is 12.4 Å². The van der Waals surface area contributed by atoms with Crippen molar-refractivity contribution in [1.82, 2.24) is 19.9 Å². The first kappa shape index (κ1) is 19.5. The molecule has 3 aromatic rings. The summed E-state index contributed by atoms with van der Waals surface area (Å²) < 4.78 is 5.29. The SMILES string of the molecule is Cc1ccc(Nc2nc(N)nc(COC(=O)c3c(C)cc(C)nc3Cl)n2)cc1. The molecule has 0 aliphatic heterocycles. The third kappa shape index (κ3) is 4.72. The lowest BCUT2D eigenvalue weighted by atomic mass is 10.1. The topological polar surface area (TPSA) is 116 Å². The lowest BCUT2D eigenvalue weighted by Gasteiger charge is -2.10.